The highest BCUT2D eigenvalue weighted by atomic mass is 16.5. The lowest BCUT2D eigenvalue weighted by Gasteiger charge is -2.08. The third-order valence-corrected chi connectivity index (χ3v) is 5.29. The number of aliphatic hydroxyl groups excluding tert-OH is 2. The first-order valence-corrected chi connectivity index (χ1v) is 12.3. The molecule has 0 aliphatic carbocycles. The summed E-state index contributed by atoms with van der Waals surface area (Å²) in [7, 11) is 0. The van der Waals surface area contributed by atoms with Crippen LogP contribution in [0, 0.1) is 0 Å². The van der Waals surface area contributed by atoms with Gasteiger partial charge in [0.2, 0.25) is 0 Å². The predicted molar refractivity (Wildman–Crippen MR) is 119 cm³/mol. The van der Waals surface area contributed by atoms with Crippen LogP contribution in [0.5, 0.6) is 0 Å². The Bertz CT molecular complexity index is 273. The molecule has 0 aliphatic heterocycles. The lowest BCUT2D eigenvalue weighted by atomic mass is 10.0. The number of ether oxygens (including phenoxy) is 2. The van der Waals surface area contributed by atoms with Crippen molar-refractivity contribution in [3.05, 3.63) is 0 Å². The molecular weight excluding hydrogens is 352 g/mol. The van der Waals surface area contributed by atoms with Gasteiger partial charge >= 0.3 is 0 Å². The molecule has 0 bridgehead atoms. The highest BCUT2D eigenvalue weighted by Gasteiger charge is 2.00. The van der Waals surface area contributed by atoms with Gasteiger partial charge in [-0.15, -0.1) is 0 Å². The van der Waals surface area contributed by atoms with Gasteiger partial charge in [0.15, 0.2) is 0 Å². The van der Waals surface area contributed by atoms with Crippen LogP contribution in [0.15, 0.2) is 0 Å². The zero-order chi connectivity index (χ0) is 20.5. The van der Waals surface area contributed by atoms with Crippen molar-refractivity contribution in [2.45, 2.75) is 122 Å². The van der Waals surface area contributed by atoms with Gasteiger partial charge in [-0.1, -0.05) is 110 Å². The summed E-state index contributed by atoms with van der Waals surface area (Å²) >= 11 is 0. The predicted octanol–water partition coefficient (Wildman–Crippen LogP) is 6.02. The van der Waals surface area contributed by atoms with E-state index < -0.39 is 6.10 Å². The monoisotopic (exact) mass is 402 g/mol. The van der Waals surface area contributed by atoms with Crippen molar-refractivity contribution in [2.24, 2.45) is 0 Å². The van der Waals surface area contributed by atoms with Crippen molar-refractivity contribution in [1.29, 1.82) is 0 Å². The molecule has 0 saturated heterocycles. The van der Waals surface area contributed by atoms with Gasteiger partial charge in [0.05, 0.1) is 26.4 Å². The Hall–Kier alpha value is -0.160. The Morgan fingerprint density at radius 2 is 0.929 bits per heavy atom. The Labute approximate surface area is 175 Å². The fourth-order valence-corrected chi connectivity index (χ4v) is 3.42. The highest BCUT2D eigenvalue weighted by Crippen LogP contribution is 2.14. The molecule has 1 unspecified atom stereocenters. The summed E-state index contributed by atoms with van der Waals surface area (Å²) < 4.78 is 10.7. The van der Waals surface area contributed by atoms with Crippen molar-refractivity contribution in [3.8, 4) is 0 Å². The van der Waals surface area contributed by atoms with Crippen LogP contribution in [0.1, 0.15) is 116 Å². The van der Waals surface area contributed by atoms with Crippen LogP contribution in [-0.2, 0) is 9.47 Å². The summed E-state index contributed by atoms with van der Waals surface area (Å²) in [4.78, 5) is 0. The van der Waals surface area contributed by atoms with Crippen molar-refractivity contribution >= 4 is 0 Å². The molecule has 0 aromatic carbocycles. The lowest BCUT2D eigenvalue weighted by Crippen LogP contribution is -2.20. The van der Waals surface area contributed by atoms with Gasteiger partial charge < -0.3 is 19.7 Å². The van der Waals surface area contributed by atoms with E-state index in [0.717, 1.165) is 13.0 Å². The van der Waals surface area contributed by atoms with Crippen LogP contribution < -0.4 is 0 Å². The molecule has 0 fully saturated rings. The van der Waals surface area contributed by atoms with Crippen LogP contribution in [0.3, 0.4) is 0 Å². The topological polar surface area (TPSA) is 58.9 Å². The Kier molecular flexibility index (Phi) is 24.7. The molecular formula is C24H50O4. The molecule has 4 nitrogen and oxygen atoms in total. The number of rotatable bonds is 24. The number of hydrogen-bond donors (Lipinski definition) is 2. The zero-order valence-electron chi connectivity index (χ0n) is 18.8. The minimum atomic E-state index is -0.773. The molecule has 2 N–H and O–H groups in total. The van der Waals surface area contributed by atoms with E-state index in [4.69, 9.17) is 19.7 Å². The van der Waals surface area contributed by atoms with E-state index >= 15 is 0 Å². The van der Waals surface area contributed by atoms with Gasteiger partial charge in [0.1, 0.15) is 6.10 Å². The van der Waals surface area contributed by atoms with E-state index in [1.54, 1.807) is 0 Å². The molecule has 0 spiro atoms. The van der Waals surface area contributed by atoms with E-state index in [1.807, 2.05) is 0 Å². The van der Waals surface area contributed by atoms with Gasteiger partial charge in [-0.05, 0) is 6.42 Å². The maximum Gasteiger partial charge on any atom is 0.100 e. The SMILES string of the molecule is CCCCCCCCCCCCCCCCCCCOCCOCC(O)CO. The van der Waals surface area contributed by atoms with Gasteiger partial charge in [-0.25, -0.2) is 0 Å². The summed E-state index contributed by atoms with van der Waals surface area (Å²) in [6.45, 7) is 4.06. The average Bonchev–Trinajstić information content (AvgIpc) is 2.71. The molecule has 0 aromatic heterocycles. The minimum absolute atomic E-state index is 0.180. The smallest absolute Gasteiger partial charge is 0.100 e. The first-order chi connectivity index (χ1) is 13.8. The van der Waals surface area contributed by atoms with Crippen molar-refractivity contribution < 1.29 is 19.7 Å². The molecule has 0 saturated carbocycles. The molecule has 170 valence electrons. The number of aliphatic hydroxyl groups is 2. The second kappa shape index (κ2) is 24.9. The quantitative estimate of drug-likeness (QED) is 0.194. The first-order valence-electron chi connectivity index (χ1n) is 12.3. The number of unbranched alkanes of at least 4 members (excludes halogenated alkanes) is 16. The molecule has 4 heteroatoms. The Balaban J connectivity index is 3.00. The van der Waals surface area contributed by atoms with Gasteiger partial charge in [-0.2, -0.15) is 0 Å². The third-order valence-electron chi connectivity index (χ3n) is 5.29. The van der Waals surface area contributed by atoms with E-state index in [-0.39, 0.29) is 13.2 Å². The van der Waals surface area contributed by atoms with Crippen LogP contribution >= 0.6 is 0 Å². The summed E-state index contributed by atoms with van der Waals surface area (Å²) in [5.74, 6) is 0. The molecule has 0 radical (unpaired) electrons. The Morgan fingerprint density at radius 1 is 0.536 bits per heavy atom. The molecule has 0 aromatic rings. The molecule has 0 rings (SSSR count). The fraction of sp³-hybridized carbons (Fsp3) is 1.00. The molecule has 28 heavy (non-hydrogen) atoms. The van der Waals surface area contributed by atoms with Crippen molar-refractivity contribution in [1.82, 2.24) is 0 Å². The summed E-state index contributed by atoms with van der Waals surface area (Å²) in [5, 5.41) is 17.8. The molecule has 1 atom stereocenters. The van der Waals surface area contributed by atoms with Crippen LogP contribution in [0.2, 0.25) is 0 Å². The largest absolute Gasteiger partial charge is 0.394 e. The van der Waals surface area contributed by atoms with Crippen LogP contribution in [-0.4, -0.2) is 49.4 Å². The summed E-state index contributed by atoms with van der Waals surface area (Å²) in [6, 6.07) is 0. The van der Waals surface area contributed by atoms with Crippen molar-refractivity contribution in [2.75, 3.05) is 33.0 Å². The van der Waals surface area contributed by atoms with Crippen molar-refractivity contribution in [3.63, 3.8) is 0 Å². The van der Waals surface area contributed by atoms with Gasteiger partial charge in [0, 0.05) is 6.61 Å². The zero-order valence-corrected chi connectivity index (χ0v) is 18.8. The highest BCUT2D eigenvalue weighted by molar-refractivity contribution is 4.51. The van der Waals surface area contributed by atoms with E-state index in [0.29, 0.717) is 13.2 Å². The minimum Gasteiger partial charge on any atom is -0.394 e. The maximum atomic E-state index is 9.11. The van der Waals surface area contributed by atoms with Gasteiger partial charge in [-0.3, -0.25) is 0 Å². The third kappa shape index (κ3) is 23.9. The van der Waals surface area contributed by atoms with Crippen LogP contribution in [0.25, 0.3) is 0 Å². The number of hydrogen-bond acceptors (Lipinski definition) is 4. The summed E-state index contributed by atoms with van der Waals surface area (Å²) in [6.07, 6.45) is 22.8. The van der Waals surface area contributed by atoms with E-state index in [2.05, 4.69) is 6.92 Å². The average molecular weight is 403 g/mol. The first kappa shape index (κ1) is 27.8. The molecule has 0 amide bonds. The van der Waals surface area contributed by atoms with Crippen LogP contribution in [0.4, 0.5) is 0 Å². The molecule has 0 heterocycles. The second-order valence-electron chi connectivity index (χ2n) is 8.18. The maximum absolute atomic E-state index is 9.11. The molecule has 0 aliphatic rings. The second-order valence-corrected chi connectivity index (χ2v) is 8.18. The standard InChI is InChI=1S/C24H50O4/c1-2-3-4-5-6-7-8-9-10-11-12-13-14-15-16-17-18-19-27-20-21-28-23-24(26)22-25/h24-26H,2-23H2,1H3. The van der Waals surface area contributed by atoms with Gasteiger partial charge in [0.25, 0.3) is 0 Å². The van der Waals surface area contributed by atoms with E-state index in [1.165, 1.54) is 103 Å². The normalized spacial score (nSPS) is 12.5. The van der Waals surface area contributed by atoms with E-state index in [9.17, 15) is 0 Å². The fourth-order valence-electron chi connectivity index (χ4n) is 3.42. The Morgan fingerprint density at radius 3 is 1.36 bits per heavy atom. The summed E-state index contributed by atoms with van der Waals surface area (Å²) in [5.41, 5.74) is 0. The lowest BCUT2D eigenvalue weighted by molar-refractivity contribution is -0.0150.